The van der Waals surface area contributed by atoms with Crippen LogP contribution in [0.2, 0.25) is 0 Å². The molecule has 27 heavy (non-hydrogen) atoms. The molecule has 136 valence electrons. The van der Waals surface area contributed by atoms with Gasteiger partial charge in [0.05, 0.1) is 5.75 Å². The molecule has 0 bridgehead atoms. The van der Waals surface area contributed by atoms with Gasteiger partial charge in [0, 0.05) is 46.2 Å². The van der Waals surface area contributed by atoms with Crippen molar-refractivity contribution in [2.75, 3.05) is 5.75 Å². The molecular weight excluding hydrogens is 356 g/mol. The molecule has 0 aliphatic heterocycles. The molecule has 1 aromatic carbocycles. The van der Waals surface area contributed by atoms with E-state index in [2.05, 4.69) is 9.97 Å². The number of ketones is 2. The second-order valence-corrected chi connectivity index (χ2v) is 7.38. The van der Waals surface area contributed by atoms with Gasteiger partial charge in [-0.05, 0) is 55.8 Å². The van der Waals surface area contributed by atoms with E-state index in [4.69, 9.17) is 0 Å². The van der Waals surface area contributed by atoms with Crippen molar-refractivity contribution in [3.05, 3.63) is 89.0 Å². The second kappa shape index (κ2) is 8.73. The van der Waals surface area contributed by atoms with E-state index in [1.54, 1.807) is 24.5 Å². The van der Waals surface area contributed by atoms with Crippen molar-refractivity contribution in [3.63, 3.8) is 0 Å². The second-order valence-electron chi connectivity index (χ2n) is 6.33. The van der Waals surface area contributed by atoms with Crippen LogP contribution in [0, 0.1) is 13.8 Å². The molecule has 2 heterocycles. The van der Waals surface area contributed by atoms with Gasteiger partial charge in [-0.1, -0.05) is 12.1 Å². The Morgan fingerprint density at radius 1 is 0.778 bits per heavy atom. The third kappa shape index (κ3) is 5.34. The van der Waals surface area contributed by atoms with Crippen LogP contribution in [-0.4, -0.2) is 27.3 Å². The van der Waals surface area contributed by atoms with Gasteiger partial charge >= 0.3 is 0 Å². The number of hydrogen-bond donors (Lipinski definition) is 0. The number of pyridine rings is 2. The molecule has 0 aliphatic rings. The molecule has 5 heteroatoms. The highest BCUT2D eigenvalue weighted by molar-refractivity contribution is 8.00. The van der Waals surface area contributed by atoms with E-state index in [9.17, 15) is 9.59 Å². The van der Waals surface area contributed by atoms with E-state index in [1.807, 2.05) is 50.2 Å². The van der Waals surface area contributed by atoms with Crippen LogP contribution >= 0.6 is 11.8 Å². The molecule has 0 unspecified atom stereocenters. The summed E-state index contributed by atoms with van der Waals surface area (Å²) < 4.78 is 0. The van der Waals surface area contributed by atoms with Crippen molar-refractivity contribution in [3.8, 4) is 0 Å². The normalized spacial score (nSPS) is 10.6. The summed E-state index contributed by atoms with van der Waals surface area (Å²) in [5.74, 6) is 0.460. The maximum atomic E-state index is 12.3. The summed E-state index contributed by atoms with van der Waals surface area (Å²) >= 11 is 1.48. The van der Waals surface area contributed by atoms with Gasteiger partial charge in [-0.25, -0.2) is 0 Å². The van der Waals surface area contributed by atoms with Crippen molar-refractivity contribution >= 4 is 23.3 Å². The largest absolute Gasteiger partial charge is 0.294 e. The van der Waals surface area contributed by atoms with E-state index < -0.39 is 0 Å². The van der Waals surface area contributed by atoms with E-state index in [1.165, 1.54) is 11.8 Å². The zero-order valence-electron chi connectivity index (χ0n) is 15.3. The molecule has 0 fully saturated rings. The number of aryl methyl sites for hydroxylation is 2. The number of nitrogens with zero attached hydrogens (tertiary/aromatic N) is 2. The van der Waals surface area contributed by atoms with Crippen LogP contribution in [0.3, 0.4) is 0 Å². The van der Waals surface area contributed by atoms with Gasteiger partial charge in [-0.2, -0.15) is 0 Å². The lowest BCUT2D eigenvalue weighted by atomic mass is 10.0. The molecule has 0 saturated carbocycles. The average molecular weight is 376 g/mol. The topological polar surface area (TPSA) is 59.9 Å². The molecule has 2 aromatic heterocycles. The summed E-state index contributed by atoms with van der Waals surface area (Å²) in [6.45, 7) is 3.79. The summed E-state index contributed by atoms with van der Waals surface area (Å²) in [4.78, 5) is 33.8. The van der Waals surface area contributed by atoms with Crippen LogP contribution in [0.1, 0.15) is 37.7 Å². The van der Waals surface area contributed by atoms with Gasteiger partial charge in [0.2, 0.25) is 0 Å². The van der Waals surface area contributed by atoms with Crippen molar-refractivity contribution in [2.24, 2.45) is 0 Å². The van der Waals surface area contributed by atoms with Crippen molar-refractivity contribution in [2.45, 2.75) is 25.2 Å². The Kier molecular flexibility index (Phi) is 6.14. The Morgan fingerprint density at radius 3 is 1.85 bits per heavy atom. The Balaban J connectivity index is 1.55. The Bertz CT molecular complexity index is 934. The minimum absolute atomic E-state index is 0.0463. The fourth-order valence-electron chi connectivity index (χ4n) is 2.49. The Hall–Kier alpha value is -2.79. The molecule has 0 N–H and O–H groups in total. The lowest BCUT2D eigenvalue weighted by molar-refractivity contribution is 0.0990. The Morgan fingerprint density at radius 2 is 1.33 bits per heavy atom. The zero-order valence-corrected chi connectivity index (χ0v) is 16.1. The molecule has 0 atom stereocenters. The van der Waals surface area contributed by atoms with Gasteiger partial charge < -0.3 is 0 Å². The van der Waals surface area contributed by atoms with Crippen LogP contribution in [0.5, 0.6) is 0 Å². The number of hydrogen-bond acceptors (Lipinski definition) is 5. The maximum absolute atomic E-state index is 12.3. The van der Waals surface area contributed by atoms with Crippen LogP contribution < -0.4 is 0 Å². The number of Topliss-reactive ketones (excluding diaryl/α,β-unsaturated/α-hetero) is 2. The molecule has 4 nitrogen and oxygen atoms in total. The van der Waals surface area contributed by atoms with E-state index in [-0.39, 0.29) is 11.6 Å². The summed E-state index contributed by atoms with van der Waals surface area (Å²) in [5.41, 5.74) is 3.98. The first-order valence-electron chi connectivity index (χ1n) is 8.65. The molecule has 3 aromatic rings. The molecule has 3 rings (SSSR count). The fraction of sp³-hybridized carbons (Fsp3) is 0.182. The highest BCUT2D eigenvalue weighted by Crippen LogP contribution is 2.20. The average Bonchev–Trinajstić information content (AvgIpc) is 2.68. The molecule has 0 radical (unpaired) electrons. The summed E-state index contributed by atoms with van der Waals surface area (Å²) in [5, 5.41) is 0. The molecular formula is C22H20N2O2S. The van der Waals surface area contributed by atoms with Crippen LogP contribution in [0.15, 0.2) is 65.8 Å². The van der Waals surface area contributed by atoms with Crippen LogP contribution in [-0.2, 0) is 6.42 Å². The predicted molar refractivity (Wildman–Crippen MR) is 107 cm³/mol. The van der Waals surface area contributed by atoms with Crippen molar-refractivity contribution in [1.82, 2.24) is 9.97 Å². The first-order chi connectivity index (χ1) is 13.0. The lowest BCUT2D eigenvalue weighted by Gasteiger charge is -2.05. The molecule has 0 amide bonds. The number of thioether (sulfide) groups is 1. The van der Waals surface area contributed by atoms with Gasteiger partial charge in [0.25, 0.3) is 0 Å². The summed E-state index contributed by atoms with van der Waals surface area (Å²) in [6, 6.07) is 15.0. The smallest absolute Gasteiger partial charge is 0.174 e. The highest BCUT2D eigenvalue weighted by Gasteiger charge is 2.09. The van der Waals surface area contributed by atoms with Crippen LogP contribution in [0.4, 0.5) is 0 Å². The maximum Gasteiger partial charge on any atom is 0.174 e. The number of rotatable bonds is 7. The monoisotopic (exact) mass is 376 g/mol. The number of carbonyl (C=O) groups excluding carboxylic acids is 2. The Labute approximate surface area is 163 Å². The fourth-order valence-corrected chi connectivity index (χ4v) is 3.28. The quantitative estimate of drug-likeness (QED) is 0.449. The van der Waals surface area contributed by atoms with Gasteiger partial charge in [-0.3, -0.25) is 19.6 Å². The van der Waals surface area contributed by atoms with Crippen molar-refractivity contribution in [1.29, 1.82) is 0 Å². The molecule has 0 aliphatic carbocycles. The molecule has 0 saturated heterocycles. The number of benzene rings is 1. The zero-order chi connectivity index (χ0) is 19.2. The van der Waals surface area contributed by atoms with Gasteiger partial charge in [-0.15, -0.1) is 11.8 Å². The first-order valence-corrected chi connectivity index (χ1v) is 9.63. The predicted octanol–water partition coefficient (Wildman–Crippen LogP) is 4.49. The van der Waals surface area contributed by atoms with E-state index in [0.29, 0.717) is 23.3 Å². The minimum Gasteiger partial charge on any atom is -0.294 e. The van der Waals surface area contributed by atoms with E-state index in [0.717, 1.165) is 21.8 Å². The standard InChI is InChI=1S/C22H20N2O2S/c1-15-3-7-18(12-23-15)21(25)11-17-5-9-20(10-6-17)27-14-22(26)19-8-4-16(2)24-13-19/h3-10,12-13H,11,14H2,1-2H3. The summed E-state index contributed by atoms with van der Waals surface area (Å²) in [6.07, 6.45) is 3.57. The van der Waals surface area contributed by atoms with E-state index >= 15 is 0 Å². The molecule has 0 spiro atoms. The number of aromatic nitrogens is 2. The van der Waals surface area contributed by atoms with Gasteiger partial charge in [0.15, 0.2) is 11.6 Å². The third-order valence-corrected chi connectivity index (χ3v) is 5.14. The summed E-state index contributed by atoms with van der Waals surface area (Å²) in [7, 11) is 0. The SMILES string of the molecule is Cc1ccc(C(=O)CSc2ccc(CC(=O)c3ccc(C)nc3)cc2)cn1. The van der Waals surface area contributed by atoms with Crippen molar-refractivity contribution < 1.29 is 9.59 Å². The first kappa shape index (κ1) is 19.0. The van der Waals surface area contributed by atoms with Crippen LogP contribution in [0.25, 0.3) is 0 Å². The minimum atomic E-state index is 0.0463. The number of carbonyl (C=O) groups is 2. The third-order valence-electron chi connectivity index (χ3n) is 4.12. The van der Waals surface area contributed by atoms with Gasteiger partial charge in [0.1, 0.15) is 0 Å². The lowest BCUT2D eigenvalue weighted by Crippen LogP contribution is -2.04. The highest BCUT2D eigenvalue weighted by atomic mass is 32.2.